The topological polar surface area (TPSA) is 61.4 Å². The van der Waals surface area contributed by atoms with Crippen molar-refractivity contribution in [3.05, 3.63) is 29.3 Å². The molecular formula is C10H10F2N2O2. The lowest BCUT2D eigenvalue weighted by molar-refractivity contribution is 0.0692. The van der Waals surface area contributed by atoms with Gasteiger partial charge in [0.25, 0.3) is 0 Å². The number of aromatic carboxylic acids is 1. The minimum absolute atomic E-state index is 0.0188. The maximum absolute atomic E-state index is 13.3. The first-order valence-electron chi connectivity index (χ1n) is 4.77. The van der Waals surface area contributed by atoms with Gasteiger partial charge in [-0.05, 0) is 6.07 Å². The zero-order chi connectivity index (χ0) is 11.7. The number of benzene rings is 1. The fraction of sp³-hybridized carbons (Fsp3) is 0.300. The summed E-state index contributed by atoms with van der Waals surface area (Å²) in [4.78, 5) is 10.7. The van der Waals surface area contributed by atoms with Crippen LogP contribution in [0.3, 0.4) is 0 Å². The Morgan fingerprint density at radius 1 is 1.38 bits per heavy atom. The average molecular weight is 228 g/mol. The van der Waals surface area contributed by atoms with Crippen molar-refractivity contribution < 1.29 is 18.7 Å². The summed E-state index contributed by atoms with van der Waals surface area (Å²) in [6, 6.07) is 1.62. The van der Waals surface area contributed by atoms with Crippen LogP contribution in [0.4, 0.5) is 14.5 Å². The second-order valence-electron chi connectivity index (χ2n) is 3.62. The Kier molecular flexibility index (Phi) is 2.74. The highest BCUT2D eigenvalue weighted by Crippen LogP contribution is 2.20. The first kappa shape index (κ1) is 10.8. The summed E-state index contributed by atoms with van der Waals surface area (Å²) in [6.07, 6.45) is 0. The van der Waals surface area contributed by atoms with E-state index in [2.05, 4.69) is 10.6 Å². The number of carbonyl (C=O) groups is 1. The van der Waals surface area contributed by atoms with Crippen molar-refractivity contribution in [1.82, 2.24) is 5.32 Å². The monoisotopic (exact) mass is 228 g/mol. The predicted octanol–water partition coefficient (Wildman–Crippen LogP) is 1.05. The van der Waals surface area contributed by atoms with Gasteiger partial charge in [-0.2, -0.15) is 0 Å². The fourth-order valence-corrected chi connectivity index (χ4v) is 1.43. The van der Waals surface area contributed by atoms with Crippen molar-refractivity contribution in [3.8, 4) is 0 Å². The zero-order valence-electron chi connectivity index (χ0n) is 8.26. The van der Waals surface area contributed by atoms with Gasteiger partial charge in [-0.15, -0.1) is 0 Å². The van der Waals surface area contributed by atoms with Gasteiger partial charge in [0.1, 0.15) is 11.6 Å². The molecule has 0 atom stereocenters. The molecule has 3 N–H and O–H groups in total. The summed E-state index contributed by atoms with van der Waals surface area (Å²) in [6.45, 7) is 1.36. The Labute approximate surface area is 90.3 Å². The van der Waals surface area contributed by atoms with E-state index in [1.165, 1.54) is 0 Å². The number of anilines is 1. The summed E-state index contributed by atoms with van der Waals surface area (Å²) in [7, 11) is 0. The molecule has 0 aliphatic carbocycles. The van der Waals surface area contributed by atoms with Gasteiger partial charge < -0.3 is 15.7 Å². The molecule has 1 aromatic rings. The molecule has 2 rings (SSSR count). The Morgan fingerprint density at radius 2 is 2.06 bits per heavy atom. The molecule has 0 saturated carbocycles. The predicted molar refractivity (Wildman–Crippen MR) is 53.6 cm³/mol. The van der Waals surface area contributed by atoms with Crippen LogP contribution in [-0.2, 0) is 0 Å². The second kappa shape index (κ2) is 4.05. The van der Waals surface area contributed by atoms with Crippen LogP contribution in [0.5, 0.6) is 0 Å². The number of hydrogen-bond acceptors (Lipinski definition) is 3. The smallest absolute Gasteiger partial charge is 0.338 e. The Bertz CT molecular complexity index is 433. The van der Waals surface area contributed by atoms with Crippen LogP contribution in [0.15, 0.2) is 12.1 Å². The molecule has 1 aliphatic rings. The number of carboxylic acid groups (broad SMARTS) is 1. The van der Waals surface area contributed by atoms with E-state index < -0.39 is 23.2 Å². The Morgan fingerprint density at radius 3 is 2.56 bits per heavy atom. The van der Waals surface area contributed by atoms with E-state index in [0.29, 0.717) is 19.2 Å². The van der Waals surface area contributed by atoms with Gasteiger partial charge in [-0.3, -0.25) is 0 Å². The Balaban J connectivity index is 2.28. The molecule has 0 amide bonds. The lowest BCUT2D eigenvalue weighted by atomic mass is 10.1. The Hall–Kier alpha value is -1.69. The molecule has 0 aromatic heterocycles. The van der Waals surface area contributed by atoms with Crippen LogP contribution in [0.2, 0.25) is 0 Å². The van der Waals surface area contributed by atoms with Crippen LogP contribution in [-0.4, -0.2) is 30.2 Å². The van der Waals surface area contributed by atoms with Crippen LogP contribution >= 0.6 is 0 Å². The molecule has 0 spiro atoms. The standard InChI is InChI=1S/C10H10F2N2O2/c11-7-2-8(12)9(1-6(7)10(15)16)14-5-3-13-4-5/h1-2,5,13-14H,3-4H2,(H,15,16). The fourth-order valence-electron chi connectivity index (χ4n) is 1.43. The van der Waals surface area contributed by atoms with Crippen LogP contribution < -0.4 is 10.6 Å². The van der Waals surface area contributed by atoms with E-state index in [-0.39, 0.29) is 11.7 Å². The van der Waals surface area contributed by atoms with E-state index in [4.69, 9.17) is 5.11 Å². The first-order valence-corrected chi connectivity index (χ1v) is 4.77. The molecule has 1 saturated heterocycles. The molecule has 0 radical (unpaired) electrons. The summed E-state index contributed by atoms with van der Waals surface area (Å²) in [5.41, 5.74) is -0.513. The number of hydrogen-bond donors (Lipinski definition) is 3. The van der Waals surface area contributed by atoms with Crippen LogP contribution in [0.25, 0.3) is 0 Å². The third-order valence-corrected chi connectivity index (χ3v) is 2.43. The van der Waals surface area contributed by atoms with Gasteiger partial charge in [0.15, 0.2) is 0 Å². The molecule has 0 bridgehead atoms. The molecular weight excluding hydrogens is 218 g/mol. The summed E-state index contributed by atoms with van der Waals surface area (Å²) in [5.74, 6) is -3.26. The molecule has 4 nitrogen and oxygen atoms in total. The van der Waals surface area contributed by atoms with E-state index in [9.17, 15) is 13.6 Å². The third-order valence-electron chi connectivity index (χ3n) is 2.43. The van der Waals surface area contributed by atoms with Gasteiger partial charge in [-0.1, -0.05) is 0 Å². The molecule has 6 heteroatoms. The molecule has 1 fully saturated rings. The van der Waals surface area contributed by atoms with Gasteiger partial charge in [-0.25, -0.2) is 13.6 Å². The number of halogens is 2. The normalized spacial score (nSPS) is 15.6. The molecule has 1 aromatic carbocycles. The highest BCUT2D eigenvalue weighted by molar-refractivity contribution is 5.89. The van der Waals surface area contributed by atoms with Crippen molar-refractivity contribution in [2.45, 2.75) is 6.04 Å². The third kappa shape index (κ3) is 1.96. The van der Waals surface area contributed by atoms with Crippen molar-refractivity contribution in [3.63, 3.8) is 0 Å². The van der Waals surface area contributed by atoms with Crippen molar-refractivity contribution >= 4 is 11.7 Å². The first-order chi connectivity index (χ1) is 7.58. The van der Waals surface area contributed by atoms with Gasteiger partial charge >= 0.3 is 5.97 Å². The van der Waals surface area contributed by atoms with Gasteiger partial charge in [0, 0.05) is 19.2 Å². The van der Waals surface area contributed by atoms with Crippen LogP contribution in [0, 0.1) is 11.6 Å². The van der Waals surface area contributed by atoms with E-state index in [1.54, 1.807) is 0 Å². The number of nitrogens with one attached hydrogen (secondary N) is 2. The van der Waals surface area contributed by atoms with Crippen LogP contribution in [0.1, 0.15) is 10.4 Å². The van der Waals surface area contributed by atoms with E-state index >= 15 is 0 Å². The average Bonchev–Trinajstić information content (AvgIpc) is 2.13. The highest BCUT2D eigenvalue weighted by atomic mass is 19.1. The van der Waals surface area contributed by atoms with Gasteiger partial charge in [0.05, 0.1) is 17.3 Å². The van der Waals surface area contributed by atoms with E-state index in [1.807, 2.05) is 0 Å². The molecule has 1 aliphatic heterocycles. The highest BCUT2D eigenvalue weighted by Gasteiger charge is 2.20. The quantitative estimate of drug-likeness (QED) is 0.723. The van der Waals surface area contributed by atoms with E-state index in [0.717, 1.165) is 6.07 Å². The number of rotatable bonds is 3. The largest absolute Gasteiger partial charge is 0.478 e. The lowest BCUT2D eigenvalue weighted by Crippen LogP contribution is -2.51. The minimum atomic E-state index is -1.41. The second-order valence-corrected chi connectivity index (χ2v) is 3.62. The summed E-state index contributed by atoms with van der Waals surface area (Å²) < 4.78 is 26.4. The maximum atomic E-state index is 13.3. The molecule has 0 unspecified atom stereocenters. The molecule has 16 heavy (non-hydrogen) atoms. The summed E-state index contributed by atoms with van der Waals surface area (Å²) in [5, 5.41) is 14.5. The number of carboxylic acids is 1. The molecule has 86 valence electrons. The zero-order valence-corrected chi connectivity index (χ0v) is 8.26. The van der Waals surface area contributed by atoms with Crippen molar-refractivity contribution in [2.75, 3.05) is 18.4 Å². The van der Waals surface area contributed by atoms with Crippen molar-refractivity contribution in [1.29, 1.82) is 0 Å². The van der Waals surface area contributed by atoms with Gasteiger partial charge in [0.2, 0.25) is 0 Å². The lowest BCUT2D eigenvalue weighted by Gasteiger charge is -2.29. The maximum Gasteiger partial charge on any atom is 0.338 e. The van der Waals surface area contributed by atoms with Crippen molar-refractivity contribution in [2.24, 2.45) is 0 Å². The molecule has 1 heterocycles. The SMILES string of the molecule is O=C(O)c1cc(NC2CNC2)c(F)cc1F. The minimum Gasteiger partial charge on any atom is -0.478 e. The summed E-state index contributed by atoms with van der Waals surface area (Å²) >= 11 is 0.